The van der Waals surface area contributed by atoms with Gasteiger partial charge in [0, 0.05) is 22.3 Å². The highest BCUT2D eigenvalue weighted by atomic mass is 16.1. The molecule has 0 amide bonds. The molecule has 2 N–H and O–H groups in total. The molecule has 2 heterocycles. The molecule has 7 nitrogen and oxygen atoms in total. The molecular formula is C57H66N4O3. The lowest BCUT2D eigenvalue weighted by Crippen LogP contribution is -2.56. The van der Waals surface area contributed by atoms with Gasteiger partial charge in [0.25, 0.3) is 0 Å². The minimum atomic E-state index is -1.10. The van der Waals surface area contributed by atoms with Gasteiger partial charge in [-0.05, 0) is 152 Å². The molecule has 2 fully saturated rings. The number of Topliss-reactive ketones (excluding diaryl/α,β-unsaturated/α-hetero) is 3. The Bertz CT molecular complexity index is 2210. The third-order valence-corrected chi connectivity index (χ3v) is 14.5. The molecule has 4 aromatic rings. The molecule has 4 aromatic carbocycles. The quantitative estimate of drug-likeness (QED) is 0.109. The summed E-state index contributed by atoms with van der Waals surface area (Å²) < 4.78 is 0. The predicted molar refractivity (Wildman–Crippen MR) is 261 cm³/mol. The fraction of sp³-hybridized carbons (Fsp3) is 0.386. The zero-order valence-electron chi connectivity index (χ0n) is 38.3. The van der Waals surface area contributed by atoms with Gasteiger partial charge in [-0.1, -0.05) is 146 Å². The third kappa shape index (κ3) is 9.41. The lowest BCUT2D eigenvalue weighted by molar-refractivity contribution is -0.141. The van der Waals surface area contributed by atoms with E-state index in [0.29, 0.717) is 48.2 Å². The molecule has 332 valence electrons. The number of benzene rings is 4. The highest BCUT2D eigenvalue weighted by Crippen LogP contribution is 2.58. The Balaban J connectivity index is 1.44. The number of rotatable bonds is 16. The predicted octanol–water partition coefficient (Wildman–Crippen LogP) is 9.48. The first kappa shape index (κ1) is 45.3. The summed E-state index contributed by atoms with van der Waals surface area (Å²) in [5.41, 5.74) is 3.85. The summed E-state index contributed by atoms with van der Waals surface area (Å²) in [6.07, 6.45) is 14.0. The van der Waals surface area contributed by atoms with E-state index in [-0.39, 0.29) is 41.0 Å². The second-order valence-corrected chi connectivity index (χ2v) is 19.2. The molecule has 0 bridgehead atoms. The van der Waals surface area contributed by atoms with Crippen molar-refractivity contribution in [3.8, 4) is 0 Å². The van der Waals surface area contributed by atoms with Crippen LogP contribution in [0.4, 0.5) is 0 Å². The van der Waals surface area contributed by atoms with Crippen LogP contribution < -0.4 is 10.6 Å². The molecule has 2 aliphatic heterocycles. The van der Waals surface area contributed by atoms with Crippen LogP contribution in [0.5, 0.6) is 0 Å². The monoisotopic (exact) mass is 855 g/mol. The Labute approximate surface area is 381 Å². The van der Waals surface area contributed by atoms with Gasteiger partial charge in [-0.25, -0.2) is 0 Å². The first-order chi connectivity index (χ1) is 31.1. The van der Waals surface area contributed by atoms with Crippen molar-refractivity contribution in [2.24, 2.45) is 34.5 Å². The van der Waals surface area contributed by atoms with Crippen LogP contribution >= 0.6 is 0 Å². The molecule has 0 aromatic heterocycles. The van der Waals surface area contributed by atoms with Gasteiger partial charge in [0.2, 0.25) is 0 Å². The van der Waals surface area contributed by atoms with Crippen LogP contribution in [0.1, 0.15) is 70.4 Å². The minimum absolute atomic E-state index is 0.0845. The van der Waals surface area contributed by atoms with E-state index in [1.165, 1.54) is 0 Å². The molecule has 4 aliphatic rings. The van der Waals surface area contributed by atoms with E-state index < -0.39 is 10.8 Å². The molecule has 64 heavy (non-hydrogen) atoms. The van der Waals surface area contributed by atoms with E-state index in [4.69, 9.17) is 0 Å². The van der Waals surface area contributed by atoms with Crippen LogP contribution in [0.3, 0.4) is 0 Å². The van der Waals surface area contributed by atoms with Crippen molar-refractivity contribution in [2.75, 3.05) is 67.5 Å². The smallest absolute Gasteiger partial charge is 0.193 e. The standard InChI is InChI=1S/C57H66N4O3/c1-60(2)33-29-56(37-49(53(62)43-23-13-7-14-24-43)47(41-19-9-5-10-20-41)35-51(56)45-27-17-31-58-39-45)55(64)57(30-34-61(3)4)38-50(54(63)44-25-15-8-16-26-44)48(42-21-11-6-12-22-42)36-52(57)46-28-18-32-59-40-46/h5-16,19-26,35-38,45-46,51-52,58-59H,17-18,27-34,39-40H2,1-4H3. The maximum absolute atomic E-state index is 17.6. The summed E-state index contributed by atoms with van der Waals surface area (Å²) in [4.78, 5) is 52.5. The van der Waals surface area contributed by atoms with Crippen LogP contribution in [0.15, 0.2) is 157 Å². The van der Waals surface area contributed by atoms with Crippen LogP contribution in [0.2, 0.25) is 0 Å². The van der Waals surface area contributed by atoms with Crippen molar-refractivity contribution in [3.63, 3.8) is 0 Å². The van der Waals surface area contributed by atoms with Gasteiger partial charge >= 0.3 is 0 Å². The van der Waals surface area contributed by atoms with Gasteiger partial charge in [-0.3, -0.25) is 14.4 Å². The molecule has 6 unspecified atom stereocenters. The summed E-state index contributed by atoms with van der Waals surface area (Å²) in [6, 6.07) is 39.6. The molecule has 6 atom stereocenters. The summed E-state index contributed by atoms with van der Waals surface area (Å²) >= 11 is 0. The van der Waals surface area contributed by atoms with Crippen molar-refractivity contribution < 1.29 is 14.4 Å². The lowest BCUT2D eigenvalue weighted by Gasteiger charge is -2.53. The number of ketones is 3. The van der Waals surface area contributed by atoms with E-state index >= 15 is 14.4 Å². The fourth-order valence-corrected chi connectivity index (χ4v) is 11.2. The number of carbonyl (C=O) groups excluding carboxylic acids is 3. The van der Waals surface area contributed by atoms with Crippen LogP contribution in [-0.2, 0) is 4.79 Å². The molecule has 7 heteroatoms. The van der Waals surface area contributed by atoms with Crippen LogP contribution in [0.25, 0.3) is 11.1 Å². The van der Waals surface area contributed by atoms with Crippen LogP contribution in [-0.4, -0.2) is 94.6 Å². The molecule has 0 radical (unpaired) electrons. The normalized spacial score (nSPS) is 26.1. The molecule has 8 rings (SSSR count). The number of allylic oxidation sites excluding steroid dienone is 8. The van der Waals surface area contributed by atoms with E-state index in [9.17, 15) is 0 Å². The molecule has 2 aliphatic carbocycles. The van der Waals surface area contributed by atoms with Crippen molar-refractivity contribution in [1.82, 2.24) is 20.4 Å². The van der Waals surface area contributed by atoms with Crippen molar-refractivity contribution in [1.29, 1.82) is 0 Å². The first-order valence-electron chi connectivity index (χ1n) is 23.6. The number of hydrogen-bond donors (Lipinski definition) is 2. The Morgan fingerprint density at radius 1 is 0.531 bits per heavy atom. The summed E-state index contributed by atoms with van der Waals surface area (Å²) in [7, 11) is 8.31. The topological polar surface area (TPSA) is 81.8 Å². The average Bonchev–Trinajstić information content (AvgIpc) is 3.35. The van der Waals surface area contributed by atoms with E-state index in [2.05, 4.69) is 97.2 Å². The minimum Gasteiger partial charge on any atom is -0.316 e. The summed E-state index contributed by atoms with van der Waals surface area (Å²) in [5, 5.41) is 7.44. The Kier molecular flexibility index (Phi) is 14.3. The highest BCUT2D eigenvalue weighted by Gasteiger charge is 2.59. The maximum Gasteiger partial charge on any atom is 0.193 e. The SMILES string of the molecule is CN(C)CCC1(C(=O)C2(CCN(C)C)C=C(C(=O)c3ccccc3)C(c3ccccc3)=CC2C2CCCNC2)C=C(C(=O)c2ccccc2)C(c2ccccc2)=CC1C1CCCNC1. The third-order valence-electron chi connectivity index (χ3n) is 14.5. The van der Waals surface area contributed by atoms with E-state index in [1.807, 2.05) is 97.1 Å². The molecule has 0 spiro atoms. The van der Waals surface area contributed by atoms with Gasteiger partial charge in [0.05, 0.1) is 10.8 Å². The number of piperidine rings is 2. The van der Waals surface area contributed by atoms with Crippen LogP contribution in [0, 0.1) is 34.5 Å². The maximum atomic E-state index is 17.6. The van der Waals surface area contributed by atoms with Gasteiger partial charge < -0.3 is 20.4 Å². The second kappa shape index (κ2) is 20.2. The Hall–Kier alpha value is -5.31. The largest absolute Gasteiger partial charge is 0.316 e. The number of nitrogens with one attached hydrogen (secondary N) is 2. The summed E-state index contributed by atoms with van der Waals surface area (Å²) in [6.45, 7) is 4.73. The van der Waals surface area contributed by atoms with Crippen molar-refractivity contribution >= 4 is 28.5 Å². The highest BCUT2D eigenvalue weighted by molar-refractivity contribution is 6.21. The van der Waals surface area contributed by atoms with Crippen molar-refractivity contribution in [3.05, 3.63) is 179 Å². The van der Waals surface area contributed by atoms with E-state index in [0.717, 1.165) is 74.1 Å². The zero-order valence-corrected chi connectivity index (χ0v) is 38.3. The van der Waals surface area contributed by atoms with Gasteiger partial charge in [-0.15, -0.1) is 0 Å². The Morgan fingerprint density at radius 2 is 0.891 bits per heavy atom. The Morgan fingerprint density at radius 3 is 1.22 bits per heavy atom. The second-order valence-electron chi connectivity index (χ2n) is 19.2. The summed E-state index contributed by atoms with van der Waals surface area (Å²) in [5.74, 6) is -0.221. The number of hydrogen-bond acceptors (Lipinski definition) is 7. The zero-order chi connectivity index (χ0) is 44.7. The molecule has 0 saturated carbocycles. The van der Waals surface area contributed by atoms with Gasteiger partial charge in [0.15, 0.2) is 17.3 Å². The van der Waals surface area contributed by atoms with Crippen molar-refractivity contribution in [2.45, 2.75) is 38.5 Å². The first-order valence-corrected chi connectivity index (χ1v) is 23.6. The van der Waals surface area contributed by atoms with E-state index in [1.54, 1.807) is 0 Å². The average molecular weight is 855 g/mol. The lowest BCUT2D eigenvalue weighted by atomic mass is 9.49. The molecule has 2 saturated heterocycles. The number of carbonyl (C=O) groups is 3. The molecular weight excluding hydrogens is 789 g/mol. The number of nitrogens with zero attached hydrogens (tertiary/aromatic N) is 2. The fourth-order valence-electron chi connectivity index (χ4n) is 11.2. The van der Waals surface area contributed by atoms with Gasteiger partial charge in [0.1, 0.15) is 0 Å². The van der Waals surface area contributed by atoms with Gasteiger partial charge in [-0.2, -0.15) is 0 Å².